The number of methoxy groups -OCH3 is 3. The molecule has 2 aliphatic rings. The molecular formula is C21H24O7. The fourth-order valence-corrected chi connectivity index (χ4v) is 3.91. The summed E-state index contributed by atoms with van der Waals surface area (Å²) in [6.07, 6.45) is 0. The van der Waals surface area contributed by atoms with E-state index in [0.29, 0.717) is 34.5 Å². The lowest BCUT2D eigenvalue weighted by molar-refractivity contribution is -0.171. The average molecular weight is 388 g/mol. The molecule has 7 heteroatoms. The molecule has 0 aromatic heterocycles. The van der Waals surface area contributed by atoms with E-state index in [0.717, 1.165) is 11.1 Å². The van der Waals surface area contributed by atoms with E-state index in [9.17, 15) is 5.11 Å². The third-order valence-electron chi connectivity index (χ3n) is 5.55. The Balaban J connectivity index is 1.92. The van der Waals surface area contributed by atoms with Crippen molar-refractivity contribution in [3.8, 4) is 34.5 Å². The first kappa shape index (κ1) is 18.6. The second-order valence-electron chi connectivity index (χ2n) is 7.13. The Morgan fingerprint density at radius 2 is 1.54 bits per heavy atom. The Kier molecular flexibility index (Phi) is 4.42. The highest BCUT2D eigenvalue weighted by molar-refractivity contribution is 5.60. The van der Waals surface area contributed by atoms with Crippen molar-refractivity contribution < 1.29 is 33.5 Å². The van der Waals surface area contributed by atoms with E-state index in [4.69, 9.17) is 28.4 Å². The molecule has 0 spiro atoms. The van der Waals surface area contributed by atoms with Gasteiger partial charge in [-0.25, -0.2) is 0 Å². The van der Waals surface area contributed by atoms with Gasteiger partial charge in [0.1, 0.15) is 5.75 Å². The van der Waals surface area contributed by atoms with Crippen LogP contribution >= 0.6 is 0 Å². The maximum absolute atomic E-state index is 10.9. The zero-order valence-electron chi connectivity index (χ0n) is 16.6. The van der Waals surface area contributed by atoms with Crippen LogP contribution in [0.2, 0.25) is 0 Å². The van der Waals surface area contributed by atoms with Gasteiger partial charge in [0.05, 0.1) is 21.3 Å². The summed E-state index contributed by atoms with van der Waals surface area (Å²) in [4.78, 5) is 0. The van der Waals surface area contributed by atoms with Crippen molar-refractivity contribution in [2.45, 2.75) is 25.6 Å². The molecule has 0 amide bonds. The highest BCUT2D eigenvalue weighted by Gasteiger charge is 2.45. The number of fused-ring (bicyclic) bond motifs is 2. The third-order valence-corrected chi connectivity index (χ3v) is 5.55. The number of aliphatic hydroxyl groups is 1. The van der Waals surface area contributed by atoms with E-state index in [-0.39, 0.29) is 18.6 Å². The molecule has 0 aliphatic carbocycles. The maximum Gasteiger partial charge on any atom is 0.231 e. The molecule has 2 aliphatic heterocycles. The minimum Gasteiger partial charge on any atom is -0.493 e. The van der Waals surface area contributed by atoms with Crippen LogP contribution in [0.1, 0.15) is 30.9 Å². The summed E-state index contributed by atoms with van der Waals surface area (Å²) in [5.41, 5.74) is 1.81. The quantitative estimate of drug-likeness (QED) is 0.861. The molecule has 4 rings (SSSR count). The summed E-state index contributed by atoms with van der Waals surface area (Å²) in [5.74, 6) is 1.63. The predicted molar refractivity (Wildman–Crippen MR) is 101 cm³/mol. The Morgan fingerprint density at radius 1 is 0.929 bits per heavy atom. The molecule has 2 heterocycles. The van der Waals surface area contributed by atoms with Gasteiger partial charge < -0.3 is 33.5 Å². The van der Waals surface area contributed by atoms with Crippen LogP contribution in [0.25, 0.3) is 0 Å². The molecule has 0 saturated heterocycles. The van der Waals surface area contributed by atoms with E-state index in [2.05, 4.69) is 0 Å². The summed E-state index contributed by atoms with van der Waals surface area (Å²) in [5, 5.41) is 10.9. The van der Waals surface area contributed by atoms with Gasteiger partial charge in [-0.15, -0.1) is 0 Å². The number of hydrogen-bond donors (Lipinski definition) is 1. The van der Waals surface area contributed by atoms with Gasteiger partial charge in [0.25, 0.3) is 0 Å². The van der Waals surface area contributed by atoms with E-state index in [1.54, 1.807) is 34.3 Å². The largest absolute Gasteiger partial charge is 0.493 e. The lowest BCUT2D eigenvalue weighted by atomic mass is 9.75. The van der Waals surface area contributed by atoms with Crippen LogP contribution in [0.3, 0.4) is 0 Å². The van der Waals surface area contributed by atoms with Gasteiger partial charge in [0, 0.05) is 30.4 Å². The molecule has 0 saturated carbocycles. The molecule has 2 aromatic carbocycles. The van der Waals surface area contributed by atoms with Crippen LogP contribution in [-0.2, 0) is 0 Å². The van der Waals surface area contributed by atoms with Crippen LogP contribution in [0, 0.1) is 5.92 Å². The first-order valence-corrected chi connectivity index (χ1v) is 9.04. The van der Waals surface area contributed by atoms with Crippen LogP contribution in [0.4, 0.5) is 0 Å². The van der Waals surface area contributed by atoms with Gasteiger partial charge in [-0.2, -0.15) is 0 Å². The molecule has 28 heavy (non-hydrogen) atoms. The lowest BCUT2D eigenvalue weighted by Gasteiger charge is -2.42. The van der Waals surface area contributed by atoms with Crippen LogP contribution in [-0.4, -0.2) is 39.0 Å². The molecule has 7 nitrogen and oxygen atoms in total. The summed E-state index contributed by atoms with van der Waals surface area (Å²) in [6, 6.07) is 7.48. The molecular weight excluding hydrogens is 364 g/mol. The topological polar surface area (TPSA) is 75.6 Å². The normalized spacial score (nSPS) is 24.9. The molecule has 3 unspecified atom stereocenters. The van der Waals surface area contributed by atoms with Gasteiger partial charge in [-0.1, -0.05) is 6.92 Å². The molecule has 0 fully saturated rings. The van der Waals surface area contributed by atoms with Gasteiger partial charge in [-0.05, 0) is 23.8 Å². The standard InChI is InChI=1S/C21H24O7/c1-11-19(12-6-17(23-3)20(25-5)18(7-12)24-4)13-8-15-16(27-10-26-15)9-14(13)28-21(11,2)22/h6-9,11,19,22H,10H2,1-5H3. The number of benzene rings is 2. The van der Waals surface area contributed by atoms with E-state index < -0.39 is 5.79 Å². The van der Waals surface area contributed by atoms with E-state index >= 15 is 0 Å². The number of ether oxygens (including phenoxy) is 6. The van der Waals surface area contributed by atoms with E-state index in [1.165, 1.54) is 0 Å². The Bertz CT molecular complexity index is 881. The first-order chi connectivity index (χ1) is 13.4. The van der Waals surface area contributed by atoms with Crippen molar-refractivity contribution >= 4 is 0 Å². The molecule has 0 bridgehead atoms. The van der Waals surface area contributed by atoms with Gasteiger partial charge in [0.15, 0.2) is 23.0 Å². The summed E-state index contributed by atoms with van der Waals surface area (Å²) >= 11 is 0. The van der Waals surface area contributed by atoms with Crippen molar-refractivity contribution in [1.29, 1.82) is 0 Å². The average Bonchev–Trinajstić information content (AvgIpc) is 3.13. The summed E-state index contributed by atoms with van der Waals surface area (Å²) in [6.45, 7) is 3.77. The smallest absolute Gasteiger partial charge is 0.231 e. The monoisotopic (exact) mass is 388 g/mol. The lowest BCUT2D eigenvalue weighted by Crippen LogP contribution is -2.45. The Hall–Kier alpha value is -2.80. The number of rotatable bonds is 4. The fraction of sp³-hybridized carbons (Fsp3) is 0.429. The molecule has 3 atom stereocenters. The van der Waals surface area contributed by atoms with Crippen molar-refractivity contribution in [3.05, 3.63) is 35.4 Å². The number of hydrogen-bond acceptors (Lipinski definition) is 7. The second kappa shape index (κ2) is 6.67. The minimum atomic E-state index is -1.37. The first-order valence-electron chi connectivity index (χ1n) is 9.04. The molecule has 0 radical (unpaired) electrons. The van der Waals surface area contributed by atoms with Crippen molar-refractivity contribution in [2.24, 2.45) is 5.92 Å². The predicted octanol–water partition coefficient (Wildman–Crippen LogP) is 3.31. The molecule has 2 aromatic rings. The summed E-state index contributed by atoms with van der Waals surface area (Å²) < 4.78 is 33.4. The third kappa shape index (κ3) is 2.77. The van der Waals surface area contributed by atoms with Crippen LogP contribution in [0.15, 0.2) is 24.3 Å². The van der Waals surface area contributed by atoms with Gasteiger partial charge >= 0.3 is 0 Å². The van der Waals surface area contributed by atoms with Crippen LogP contribution < -0.4 is 28.4 Å². The molecule has 1 N–H and O–H groups in total. The fourth-order valence-electron chi connectivity index (χ4n) is 3.91. The summed E-state index contributed by atoms with van der Waals surface area (Å²) in [7, 11) is 4.73. The van der Waals surface area contributed by atoms with Crippen molar-refractivity contribution in [2.75, 3.05) is 28.1 Å². The van der Waals surface area contributed by atoms with Crippen molar-refractivity contribution in [3.63, 3.8) is 0 Å². The van der Waals surface area contributed by atoms with Crippen molar-refractivity contribution in [1.82, 2.24) is 0 Å². The van der Waals surface area contributed by atoms with E-state index in [1.807, 2.05) is 25.1 Å². The highest BCUT2D eigenvalue weighted by Crippen LogP contribution is 2.53. The highest BCUT2D eigenvalue weighted by atomic mass is 16.7. The van der Waals surface area contributed by atoms with Gasteiger partial charge in [0.2, 0.25) is 18.3 Å². The van der Waals surface area contributed by atoms with Crippen LogP contribution in [0.5, 0.6) is 34.5 Å². The zero-order chi connectivity index (χ0) is 20.1. The minimum absolute atomic E-state index is 0.166. The SMILES string of the molecule is COc1cc(C2c3cc4c(cc3OC(C)(O)C2C)OCO4)cc(OC)c1OC. The Morgan fingerprint density at radius 3 is 2.11 bits per heavy atom. The Labute approximate surface area is 163 Å². The maximum atomic E-state index is 10.9. The molecule has 150 valence electrons. The zero-order valence-corrected chi connectivity index (χ0v) is 16.6. The van der Waals surface area contributed by atoms with Gasteiger partial charge in [-0.3, -0.25) is 0 Å². The second-order valence-corrected chi connectivity index (χ2v) is 7.13.